The van der Waals surface area contributed by atoms with E-state index in [4.69, 9.17) is 14.2 Å². The molecule has 0 radical (unpaired) electrons. The molecule has 1 heterocycles. The molecule has 0 aliphatic carbocycles. The van der Waals surface area contributed by atoms with Crippen LogP contribution >= 0.6 is 0 Å². The standard InChI is InChI=1S/C32H32N4O6/c1-32(2,3)42-31(39)36-27(19-23-12-7-15-26(18-23)41-30-33-16-9-17-34-30)28(37)35-25-14-8-13-24(20-25)29(38)40-21-22-10-5-4-6-11-22/h4-18,20,27H,19,21H2,1-3H3,(H,35,37)(H,36,39). The number of anilines is 1. The molecule has 0 saturated heterocycles. The molecule has 0 aliphatic heterocycles. The molecule has 2 N–H and O–H groups in total. The quantitative estimate of drug-likeness (QED) is 0.233. The van der Waals surface area contributed by atoms with Crippen LogP contribution in [0.5, 0.6) is 11.8 Å². The number of hydrogen-bond donors (Lipinski definition) is 2. The molecular formula is C32H32N4O6. The fraction of sp³-hybridized carbons (Fsp3) is 0.219. The Morgan fingerprint density at radius 3 is 2.29 bits per heavy atom. The summed E-state index contributed by atoms with van der Waals surface area (Å²) in [6.45, 7) is 5.32. The van der Waals surface area contributed by atoms with E-state index in [1.165, 1.54) is 6.07 Å². The van der Waals surface area contributed by atoms with Crippen LogP contribution in [0.1, 0.15) is 42.3 Å². The summed E-state index contributed by atoms with van der Waals surface area (Å²) in [7, 11) is 0. The third-order valence-electron chi connectivity index (χ3n) is 5.68. The highest BCUT2D eigenvalue weighted by molar-refractivity contribution is 5.98. The average Bonchev–Trinajstić information content (AvgIpc) is 2.96. The molecule has 1 aromatic heterocycles. The molecule has 4 rings (SSSR count). The number of alkyl carbamates (subject to hydrolysis) is 1. The van der Waals surface area contributed by atoms with Crippen LogP contribution in [-0.2, 0) is 27.3 Å². The Balaban J connectivity index is 1.47. The van der Waals surface area contributed by atoms with Gasteiger partial charge in [0, 0.05) is 24.5 Å². The van der Waals surface area contributed by atoms with E-state index in [9.17, 15) is 14.4 Å². The Bertz CT molecular complexity index is 1510. The highest BCUT2D eigenvalue weighted by atomic mass is 16.6. The summed E-state index contributed by atoms with van der Waals surface area (Å²) in [4.78, 5) is 46.8. The van der Waals surface area contributed by atoms with E-state index in [1.54, 1.807) is 81.7 Å². The molecule has 42 heavy (non-hydrogen) atoms. The van der Waals surface area contributed by atoms with Gasteiger partial charge in [0.15, 0.2) is 0 Å². The summed E-state index contributed by atoms with van der Waals surface area (Å²) in [6, 6.07) is 23.6. The smallest absolute Gasteiger partial charge is 0.408 e. The van der Waals surface area contributed by atoms with Crippen molar-refractivity contribution >= 4 is 23.7 Å². The Morgan fingerprint density at radius 2 is 1.55 bits per heavy atom. The summed E-state index contributed by atoms with van der Waals surface area (Å²) >= 11 is 0. The number of ether oxygens (including phenoxy) is 3. The van der Waals surface area contributed by atoms with Crippen molar-refractivity contribution in [2.75, 3.05) is 5.32 Å². The van der Waals surface area contributed by atoms with Gasteiger partial charge in [0.05, 0.1) is 5.56 Å². The zero-order valence-corrected chi connectivity index (χ0v) is 23.6. The van der Waals surface area contributed by atoms with Gasteiger partial charge >= 0.3 is 18.1 Å². The van der Waals surface area contributed by atoms with Gasteiger partial charge < -0.3 is 24.8 Å². The molecule has 2 amide bonds. The van der Waals surface area contributed by atoms with E-state index in [1.807, 2.05) is 30.3 Å². The van der Waals surface area contributed by atoms with Crippen LogP contribution in [0.3, 0.4) is 0 Å². The second-order valence-electron chi connectivity index (χ2n) is 10.3. The topological polar surface area (TPSA) is 129 Å². The second-order valence-corrected chi connectivity index (χ2v) is 10.3. The van der Waals surface area contributed by atoms with Crippen LogP contribution < -0.4 is 15.4 Å². The zero-order valence-electron chi connectivity index (χ0n) is 23.6. The highest BCUT2D eigenvalue weighted by Gasteiger charge is 2.25. The normalized spacial score (nSPS) is 11.6. The zero-order chi connectivity index (χ0) is 30.0. The number of carbonyl (C=O) groups is 3. The van der Waals surface area contributed by atoms with Crippen LogP contribution in [0, 0.1) is 0 Å². The van der Waals surface area contributed by atoms with Crippen LogP contribution in [-0.4, -0.2) is 39.6 Å². The van der Waals surface area contributed by atoms with E-state index in [-0.39, 0.29) is 24.6 Å². The van der Waals surface area contributed by atoms with Gasteiger partial charge in [-0.1, -0.05) is 48.5 Å². The van der Waals surface area contributed by atoms with E-state index < -0.39 is 29.6 Å². The predicted octanol–water partition coefficient (Wildman–Crippen LogP) is 5.70. The Labute approximate surface area is 244 Å². The van der Waals surface area contributed by atoms with Crippen molar-refractivity contribution in [2.45, 2.75) is 45.4 Å². The molecule has 0 fully saturated rings. The molecule has 4 aromatic rings. The lowest BCUT2D eigenvalue weighted by Gasteiger charge is -2.23. The number of hydrogen-bond acceptors (Lipinski definition) is 8. The van der Waals surface area contributed by atoms with E-state index in [0.717, 1.165) is 5.56 Å². The van der Waals surface area contributed by atoms with Crippen molar-refractivity contribution < 1.29 is 28.6 Å². The van der Waals surface area contributed by atoms with Crippen molar-refractivity contribution in [2.24, 2.45) is 0 Å². The maximum atomic E-state index is 13.4. The van der Waals surface area contributed by atoms with Crippen LogP contribution in [0.2, 0.25) is 0 Å². The lowest BCUT2D eigenvalue weighted by atomic mass is 10.0. The lowest BCUT2D eigenvalue weighted by Crippen LogP contribution is -2.47. The first kappa shape index (κ1) is 29.7. The first-order valence-corrected chi connectivity index (χ1v) is 13.3. The number of nitrogens with one attached hydrogen (secondary N) is 2. The van der Waals surface area contributed by atoms with Crippen LogP contribution in [0.25, 0.3) is 0 Å². The predicted molar refractivity (Wildman–Crippen MR) is 156 cm³/mol. The largest absolute Gasteiger partial charge is 0.457 e. The number of amides is 2. The molecule has 10 nitrogen and oxygen atoms in total. The van der Waals surface area contributed by atoms with Crippen molar-refractivity contribution in [3.63, 3.8) is 0 Å². The maximum absolute atomic E-state index is 13.4. The van der Waals surface area contributed by atoms with Gasteiger partial charge in [-0.2, -0.15) is 0 Å². The fourth-order valence-electron chi connectivity index (χ4n) is 3.83. The Hall–Kier alpha value is -5.25. The molecule has 1 unspecified atom stereocenters. The van der Waals surface area contributed by atoms with Gasteiger partial charge in [-0.25, -0.2) is 19.6 Å². The number of rotatable bonds is 10. The van der Waals surface area contributed by atoms with Crippen LogP contribution in [0.15, 0.2) is 97.3 Å². The number of benzene rings is 3. The number of nitrogens with zero attached hydrogens (tertiary/aromatic N) is 2. The van der Waals surface area contributed by atoms with Gasteiger partial charge in [0.25, 0.3) is 0 Å². The van der Waals surface area contributed by atoms with Gasteiger partial charge in [-0.05, 0) is 68.3 Å². The molecule has 3 aromatic carbocycles. The minimum absolute atomic E-state index is 0.122. The third kappa shape index (κ3) is 9.44. The molecular weight excluding hydrogens is 536 g/mol. The first-order chi connectivity index (χ1) is 20.1. The minimum Gasteiger partial charge on any atom is -0.457 e. The summed E-state index contributed by atoms with van der Waals surface area (Å²) < 4.78 is 16.5. The molecule has 0 bridgehead atoms. The third-order valence-corrected chi connectivity index (χ3v) is 5.68. The summed E-state index contributed by atoms with van der Waals surface area (Å²) in [5.74, 6) is -0.567. The number of aromatic nitrogens is 2. The molecule has 1 atom stereocenters. The summed E-state index contributed by atoms with van der Waals surface area (Å²) in [6.07, 6.45) is 2.51. The summed E-state index contributed by atoms with van der Waals surface area (Å²) in [5, 5.41) is 5.44. The monoisotopic (exact) mass is 568 g/mol. The van der Waals surface area contributed by atoms with Crippen molar-refractivity contribution in [1.82, 2.24) is 15.3 Å². The maximum Gasteiger partial charge on any atom is 0.408 e. The SMILES string of the molecule is CC(C)(C)OC(=O)NC(Cc1cccc(Oc2ncccn2)c1)C(=O)Nc1cccc(C(=O)OCc2ccccc2)c1. The van der Waals surface area contributed by atoms with Gasteiger partial charge in [-0.3, -0.25) is 4.79 Å². The second kappa shape index (κ2) is 13.9. The fourth-order valence-corrected chi connectivity index (χ4v) is 3.83. The van der Waals surface area contributed by atoms with Crippen molar-refractivity contribution in [3.8, 4) is 11.8 Å². The summed E-state index contributed by atoms with van der Waals surface area (Å²) in [5.41, 5.74) is 1.44. The Kier molecular flexibility index (Phi) is 9.83. The van der Waals surface area contributed by atoms with E-state index >= 15 is 0 Å². The molecule has 10 heteroatoms. The highest BCUT2D eigenvalue weighted by Crippen LogP contribution is 2.20. The molecule has 0 aliphatic rings. The van der Waals surface area contributed by atoms with Gasteiger partial charge in [-0.15, -0.1) is 0 Å². The molecule has 0 spiro atoms. The minimum atomic E-state index is -1.02. The number of esters is 1. The van der Waals surface area contributed by atoms with Crippen molar-refractivity contribution in [1.29, 1.82) is 0 Å². The Morgan fingerprint density at radius 1 is 0.833 bits per heavy atom. The molecule has 0 saturated carbocycles. The van der Waals surface area contributed by atoms with Gasteiger partial charge in [0.1, 0.15) is 24.0 Å². The van der Waals surface area contributed by atoms with E-state index in [2.05, 4.69) is 20.6 Å². The molecule has 216 valence electrons. The first-order valence-electron chi connectivity index (χ1n) is 13.3. The van der Waals surface area contributed by atoms with E-state index in [0.29, 0.717) is 17.0 Å². The number of carbonyl (C=O) groups excluding carboxylic acids is 3. The lowest BCUT2D eigenvalue weighted by molar-refractivity contribution is -0.118. The van der Waals surface area contributed by atoms with Gasteiger partial charge in [0.2, 0.25) is 5.91 Å². The van der Waals surface area contributed by atoms with Crippen LogP contribution in [0.4, 0.5) is 10.5 Å². The average molecular weight is 569 g/mol. The van der Waals surface area contributed by atoms with Crippen molar-refractivity contribution in [3.05, 3.63) is 114 Å².